The number of hydrogen-bond acceptors (Lipinski definition) is 2. The quantitative estimate of drug-likeness (QED) is 0.917. The minimum absolute atomic E-state index is 0.168. The zero-order valence-electron chi connectivity index (χ0n) is 12.3. The fourth-order valence-electron chi connectivity index (χ4n) is 3.34. The summed E-state index contributed by atoms with van der Waals surface area (Å²) in [5.74, 6) is 1.59. The molecule has 1 saturated carbocycles. The Bertz CT molecular complexity index is 685. The Labute approximate surface area is 124 Å². The number of nitrogens with zero attached hydrogens (tertiary/aromatic N) is 2. The van der Waals surface area contributed by atoms with Crippen LogP contribution in [0.4, 0.5) is 5.69 Å². The summed E-state index contributed by atoms with van der Waals surface area (Å²) < 4.78 is 2.35. The van der Waals surface area contributed by atoms with E-state index in [0.717, 1.165) is 37.0 Å². The number of imidazole rings is 1. The van der Waals surface area contributed by atoms with Gasteiger partial charge in [0.2, 0.25) is 5.91 Å². The van der Waals surface area contributed by atoms with Crippen molar-refractivity contribution in [3.63, 3.8) is 0 Å². The second-order valence-electron chi connectivity index (χ2n) is 6.31. The summed E-state index contributed by atoms with van der Waals surface area (Å²) in [6.07, 6.45) is 8.08. The van der Waals surface area contributed by atoms with Crippen LogP contribution in [0.1, 0.15) is 44.3 Å². The number of anilines is 1. The first-order valence-electron chi connectivity index (χ1n) is 8.11. The van der Waals surface area contributed by atoms with Crippen molar-refractivity contribution in [3.8, 4) is 0 Å². The van der Waals surface area contributed by atoms with Crippen molar-refractivity contribution in [3.05, 3.63) is 24.0 Å². The molecule has 0 saturated heterocycles. The summed E-state index contributed by atoms with van der Waals surface area (Å²) in [4.78, 5) is 16.8. The lowest BCUT2D eigenvalue weighted by atomic mass is 9.85. The standard InChI is InChI=1S/C17H21N3O/c21-17(12-5-4-6-12)18-13-8-9-15-14(11-13)19-16-7-2-1-3-10-20(15)16/h8-9,11-12H,1-7,10H2,(H,18,21). The predicted molar refractivity (Wildman–Crippen MR) is 83.3 cm³/mol. The topological polar surface area (TPSA) is 46.9 Å². The normalized spacial score (nSPS) is 18.9. The van der Waals surface area contributed by atoms with Crippen molar-refractivity contribution in [2.75, 3.05) is 5.32 Å². The Hall–Kier alpha value is -1.84. The predicted octanol–water partition coefficient (Wildman–Crippen LogP) is 3.50. The van der Waals surface area contributed by atoms with Crippen LogP contribution in [-0.4, -0.2) is 15.5 Å². The highest BCUT2D eigenvalue weighted by Gasteiger charge is 2.25. The number of fused-ring (bicyclic) bond motifs is 3. The van der Waals surface area contributed by atoms with E-state index >= 15 is 0 Å². The van der Waals surface area contributed by atoms with Crippen molar-refractivity contribution >= 4 is 22.6 Å². The van der Waals surface area contributed by atoms with E-state index in [1.807, 2.05) is 12.1 Å². The minimum atomic E-state index is 0.168. The molecule has 2 aromatic rings. The summed E-state index contributed by atoms with van der Waals surface area (Å²) in [6, 6.07) is 6.14. The second-order valence-corrected chi connectivity index (χ2v) is 6.31. The number of carbonyl (C=O) groups excluding carboxylic acids is 1. The van der Waals surface area contributed by atoms with Crippen molar-refractivity contribution in [2.24, 2.45) is 5.92 Å². The maximum atomic E-state index is 12.0. The molecule has 4 nitrogen and oxygen atoms in total. The molecule has 0 unspecified atom stereocenters. The molecule has 1 amide bonds. The van der Waals surface area contributed by atoms with Crippen LogP contribution < -0.4 is 5.32 Å². The van der Waals surface area contributed by atoms with Gasteiger partial charge in [-0.05, 0) is 43.9 Å². The molecular weight excluding hydrogens is 262 g/mol. The first kappa shape index (κ1) is 12.9. The number of rotatable bonds is 2. The van der Waals surface area contributed by atoms with Gasteiger partial charge >= 0.3 is 0 Å². The second kappa shape index (κ2) is 5.17. The number of aryl methyl sites for hydroxylation is 2. The van der Waals surface area contributed by atoms with E-state index in [-0.39, 0.29) is 11.8 Å². The first-order chi connectivity index (χ1) is 10.3. The third kappa shape index (κ3) is 2.33. The minimum Gasteiger partial charge on any atom is -0.328 e. The number of hydrogen-bond donors (Lipinski definition) is 1. The Morgan fingerprint density at radius 3 is 2.90 bits per heavy atom. The molecule has 0 atom stereocenters. The molecule has 0 radical (unpaired) electrons. The highest BCUT2D eigenvalue weighted by atomic mass is 16.1. The van der Waals surface area contributed by atoms with Gasteiger partial charge < -0.3 is 9.88 Å². The fraction of sp³-hybridized carbons (Fsp3) is 0.529. The average molecular weight is 283 g/mol. The third-order valence-corrected chi connectivity index (χ3v) is 4.85. The zero-order valence-corrected chi connectivity index (χ0v) is 12.3. The van der Waals surface area contributed by atoms with Crippen molar-refractivity contribution < 1.29 is 4.79 Å². The van der Waals surface area contributed by atoms with Crippen molar-refractivity contribution in [1.82, 2.24) is 9.55 Å². The van der Waals surface area contributed by atoms with E-state index in [1.165, 1.54) is 37.0 Å². The zero-order chi connectivity index (χ0) is 14.2. The van der Waals surface area contributed by atoms with E-state index in [4.69, 9.17) is 4.98 Å². The molecule has 4 rings (SSSR count). The molecule has 21 heavy (non-hydrogen) atoms. The lowest BCUT2D eigenvalue weighted by Crippen LogP contribution is -2.27. The van der Waals surface area contributed by atoms with Crippen LogP contribution in [0.15, 0.2) is 18.2 Å². The molecule has 1 aromatic carbocycles. The molecule has 1 aromatic heterocycles. The van der Waals surface area contributed by atoms with Gasteiger partial charge in [0.1, 0.15) is 5.82 Å². The van der Waals surface area contributed by atoms with Crippen molar-refractivity contribution in [2.45, 2.75) is 51.5 Å². The van der Waals surface area contributed by atoms with Gasteiger partial charge in [0.15, 0.2) is 0 Å². The van der Waals surface area contributed by atoms with E-state index in [1.54, 1.807) is 0 Å². The fourth-order valence-corrected chi connectivity index (χ4v) is 3.34. The molecule has 110 valence electrons. The SMILES string of the molecule is O=C(Nc1ccc2c(c1)nc1n2CCCCC1)C1CCC1. The van der Waals surface area contributed by atoms with Crippen LogP contribution in [-0.2, 0) is 17.8 Å². The summed E-state index contributed by atoms with van der Waals surface area (Å²) in [6.45, 7) is 1.07. The molecule has 1 aliphatic carbocycles. The Morgan fingerprint density at radius 2 is 2.10 bits per heavy atom. The molecule has 1 N–H and O–H groups in total. The molecule has 0 bridgehead atoms. The number of nitrogens with one attached hydrogen (secondary N) is 1. The monoisotopic (exact) mass is 283 g/mol. The summed E-state index contributed by atoms with van der Waals surface area (Å²) >= 11 is 0. The van der Waals surface area contributed by atoms with Gasteiger partial charge in [-0.3, -0.25) is 4.79 Å². The maximum Gasteiger partial charge on any atom is 0.227 e. The summed E-state index contributed by atoms with van der Waals surface area (Å²) in [7, 11) is 0. The summed E-state index contributed by atoms with van der Waals surface area (Å²) in [5, 5.41) is 3.04. The number of carbonyl (C=O) groups is 1. The smallest absolute Gasteiger partial charge is 0.227 e. The van der Waals surface area contributed by atoms with E-state index in [2.05, 4.69) is 16.0 Å². The number of amides is 1. The van der Waals surface area contributed by atoms with Gasteiger partial charge in [0, 0.05) is 24.6 Å². The molecule has 1 aliphatic heterocycles. The number of aromatic nitrogens is 2. The molecule has 2 heterocycles. The van der Waals surface area contributed by atoms with Crippen LogP contribution in [0.25, 0.3) is 11.0 Å². The van der Waals surface area contributed by atoms with Crippen LogP contribution in [0.3, 0.4) is 0 Å². The van der Waals surface area contributed by atoms with Gasteiger partial charge in [0.25, 0.3) is 0 Å². The third-order valence-electron chi connectivity index (χ3n) is 4.85. The molecule has 1 fully saturated rings. The highest BCUT2D eigenvalue weighted by Crippen LogP contribution is 2.29. The van der Waals surface area contributed by atoms with Gasteiger partial charge in [-0.25, -0.2) is 4.98 Å². The van der Waals surface area contributed by atoms with Gasteiger partial charge in [-0.2, -0.15) is 0 Å². The van der Waals surface area contributed by atoms with Crippen LogP contribution in [0, 0.1) is 5.92 Å². The number of benzene rings is 1. The molecule has 2 aliphatic rings. The highest BCUT2D eigenvalue weighted by molar-refractivity contribution is 5.95. The van der Waals surface area contributed by atoms with Crippen LogP contribution in [0.2, 0.25) is 0 Å². The average Bonchev–Trinajstić information content (AvgIpc) is 2.58. The largest absolute Gasteiger partial charge is 0.328 e. The lowest BCUT2D eigenvalue weighted by molar-refractivity contribution is -0.122. The van der Waals surface area contributed by atoms with Gasteiger partial charge in [-0.1, -0.05) is 12.8 Å². The van der Waals surface area contributed by atoms with E-state index < -0.39 is 0 Å². The summed E-state index contributed by atoms with van der Waals surface area (Å²) in [5.41, 5.74) is 3.10. The molecule has 4 heteroatoms. The maximum absolute atomic E-state index is 12.0. The Morgan fingerprint density at radius 1 is 1.19 bits per heavy atom. The Kier molecular flexibility index (Phi) is 3.17. The van der Waals surface area contributed by atoms with E-state index in [9.17, 15) is 4.79 Å². The van der Waals surface area contributed by atoms with Gasteiger partial charge in [0.05, 0.1) is 11.0 Å². The van der Waals surface area contributed by atoms with Gasteiger partial charge in [-0.15, -0.1) is 0 Å². The first-order valence-corrected chi connectivity index (χ1v) is 8.11. The molecular formula is C17H21N3O. The van der Waals surface area contributed by atoms with E-state index in [0.29, 0.717) is 0 Å². The van der Waals surface area contributed by atoms with Crippen LogP contribution in [0.5, 0.6) is 0 Å². The molecule has 0 spiro atoms. The lowest BCUT2D eigenvalue weighted by Gasteiger charge is -2.24. The van der Waals surface area contributed by atoms with Crippen molar-refractivity contribution in [1.29, 1.82) is 0 Å². The Balaban J connectivity index is 1.62. The van der Waals surface area contributed by atoms with Crippen LogP contribution >= 0.6 is 0 Å².